The van der Waals surface area contributed by atoms with Gasteiger partial charge in [0.2, 0.25) is 0 Å². The van der Waals surface area contributed by atoms with E-state index in [1.807, 2.05) is 0 Å². The summed E-state index contributed by atoms with van der Waals surface area (Å²) in [6.45, 7) is 6.86. The first-order chi connectivity index (χ1) is 30.9. The number of hydrogen-bond donors (Lipinski definition) is 0. The summed E-state index contributed by atoms with van der Waals surface area (Å²) in [5.74, 6) is 0. The normalized spacial score (nSPS) is 13.2. The van der Waals surface area contributed by atoms with E-state index in [9.17, 15) is 0 Å². The second-order valence-corrected chi connectivity index (χ2v) is 18.2. The predicted molar refractivity (Wildman–Crippen MR) is 268 cm³/mol. The third kappa shape index (κ3) is 5.23. The fourth-order valence-corrected chi connectivity index (χ4v) is 10.8. The Bertz CT molecular complexity index is 3520. The van der Waals surface area contributed by atoms with E-state index in [0.29, 0.717) is 0 Å². The molecule has 2 aliphatic heterocycles. The highest BCUT2D eigenvalue weighted by molar-refractivity contribution is 7.00. The molecule has 0 aliphatic carbocycles. The maximum absolute atomic E-state index is 2.52. The molecule has 13 rings (SSSR count). The van der Waals surface area contributed by atoms with Gasteiger partial charge in [-0.15, -0.1) is 0 Å². The first-order valence-electron chi connectivity index (χ1n) is 22.1. The van der Waals surface area contributed by atoms with Gasteiger partial charge in [0.25, 0.3) is 6.71 Å². The average molecular weight is 807 g/mol. The monoisotopic (exact) mass is 806 g/mol. The van der Waals surface area contributed by atoms with Crippen molar-refractivity contribution in [3.63, 3.8) is 0 Å². The molecule has 4 heterocycles. The van der Waals surface area contributed by atoms with Crippen LogP contribution in [-0.4, -0.2) is 15.8 Å². The fourth-order valence-electron chi connectivity index (χ4n) is 10.8. The lowest BCUT2D eigenvalue weighted by Gasteiger charge is -2.44. The molecule has 0 atom stereocenters. The Labute approximate surface area is 367 Å². The molecule has 63 heavy (non-hydrogen) atoms. The third-order valence-electron chi connectivity index (χ3n) is 13.6. The maximum atomic E-state index is 2.52. The molecule has 0 amide bonds. The second-order valence-electron chi connectivity index (χ2n) is 18.2. The molecule has 0 fully saturated rings. The zero-order chi connectivity index (χ0) is 42.0. The Morgan fingerprint density at radius 3 is 1.14 bits per heavy atom. The number of anilines is 6. The minimum Gasteiger partial charge on any atom is -0.311 e. The van der Waals surface area contributed by atoms with Crippen LogP contribution in [0.2, 0.25) is 0 Å². The van der Waals surface area contributed by atoms with E-state index in [2.05, 4.69) is 246 Å². The molecule has 0 saturated carbocycles. The molecule has 5 heteroatoms. The zero-order valence-corrected chi connectivity index (χ0v) is 35.5. The summed E-state index contributed by atoms with van der Waals surface area (Å²) in [6, 6.07) is 76.7. The summed E-state index contributed by atoms with van der Waals surface area (Å²) in [4.78, 5) is 5.02. The zero-order valence-electron chi connectivity index (χ0n) is 35.5. The van der Waals surface area contributed by atoms with Crippen LogP contribution in [0.1, 0.15) is 26.3 Å². The van der Waals surface area contributed by atoms with Crippen molar-refractivity contribution in [3.8, 4) is 11.4 Å². The molecular formula is C58H43BN4. The summed E-state index contributed by atoms with van der Waals surface area (Å²) in [5.41, 5.74) is 19.4. The lowest BCUT2D eigenvalue weighted by molar-refractivity contribution is 0.590. The van der Waals surface area contributed by atoms with Gasteiger partial charge in [0.15, 0.2) is 0 Å². The van der Waals surface area contributed by atoms with Gasteiger partial charge in [-0.2, -0.15) is 0 Å². The number of benzene rings is 9. The van der Waals surface area contributed by atoms with E-state index in [4.69, 9.17) is 0 Å². The van der Waals surface area contributed by atoms with Gasteiger partial charge in [-0.1, -0.05) is 142 Å². The van der Waals surface area contributed by atoms with Crippen LogP contribution < -0.4 is 26.2 Å². The summed E-state index contributed by atoms with van der Waals surface area (Å²) in [6.07, 6.45) is 0. The predicted octanol–water partition coefficient (Wildman–Crippen LogP) is 13.3. The summed E-state index contributed by atoms with van der Waals surface area (Å²) in [7, 11) is 0. The average Bonchev–Trinajstić information content (AvgIpc) is 3.84. The lowest BCUT2D eigenvalue weighted by atomic mass is 9.33. The highest BCUT2D eigenvalue weighted by Crippen LogP contribution is 2.46. The van der Waals surface area contributed by atoms with Crippen molar-refractivity contribution in [2.75, 3.05) is 9.80 Å². The smallest absolute Gasteiger partial charge is 0.252 e. The van der Waals surface area contributed by atoms with Crippen molar-refractivity contribution in [1.82, 2.24) is 9.13 Å². The highest BCUT2D eigenvalue weighted by Gasteiger charge is 2.43. The first-order valence-corrected chi connectivity index (χ1v) is 22.1. The van der Waals surface area contributed by atoms with E-state index >= 15 is 0 Å². The van der Waals surface area contributed by atoms with Crippen LogP contribution in [0, 0.1) is 0 Å². The van der Waals surface area contributed by atoms with Crippen molar-refractivity contribution in [2.24, 2.45) is 0 Å². The Hall–Kier alpha value is -7.76. The van der Waals surface area contributed by atoms with Crippen molar-refractivity contribution in [3.05, 3.63) is 212 Å². The van der Waals surface area contributed by atoms with Crippen LogP contribution in [0.5, 0.6) is 0 Å². The standard InChI is InChI=1S/C58H43BN4/c1-58(2,3)38-28-30-40(31-29-38)61-54-27-15-26-53-57(54)59(48-35-33-42(37-56(48)61)63-51-24-13-9-20-45(51)46-21-10-14-25-52(46)63)47-34-32-41(36-55(47)60(53)39-16-5-4-6-17-39)62-49-22-11-7-18-43(49)44-19-8-12-23-50(44)62/h4-37H,1-3H3. The van der Waals surface area contributed by atoms with Gasteiger partial charge in [-0.05, 0) is 112 Å². The van der Waals surface area contributed by atoms with Crippen LogP contribution in [0.3, 0.4) is 0 Å². The topological polar surface area (TPSA) is 16.3 Å². The first kappa shape index (κ1) is 35.9. The van der Waals surface area contributed by atoms with Crippen molar-refractivity contribution in [1.29, 1.82) is 0 Å². The molecule has 298 valence electrons. The Morgan fingerprint density at radius 2 is 0.714 bits per heavy atom. The van der Waals surface area contributed by atoms with Crippen LogP contribution >= 0.6 is 0 Å². The molecule has 9 aromatic carbocycles. The fraction of sp³-hybridized carbons (Fsp3) is 0.0690. The SMILES string of the molecule is CC(C)(C)c1ccc(N2c3cc(-n4c5ccccc5c5ccccc54)ccc3B3c4ccc(-n5c6ccccc6c6ccccc65)cc4N(c4ccccc4)c4cccc2c43)cc1. The molecule has 2 aliphatic rings. The van der Waals surface area contributed by atoms with E-state index in [1.54, 1.807) is 0 Å². The van der Waals surface area contributed by atoms with E-state index in [-0.39, 0.29) is 12.1 Å². The molecule has 0 unspecified atom stereocenters. The van der Waals surface area contributed by atoms with Gasteiger partial charge in [0, 0.05) is 67.0 Å². The summed E-state index contributed by atoms with van der Waals surface area (Å²) in [5, 5.41) is 5.04. The minimum absolute atomic E-state index is 0.00865. The van der Waals surface area contributed by atoms with Crippen LogP contribution in [-0.2, 0) is 5.41 Å². The number of para-hydroxylation sites is 5. The quantitative estimate of drug-likeness (QED) is 0.165. The minimum atomic E-state index is -0.00865. The summed E-state index contributed by atoms with van der Waals surface area (Å²) >= 11 is 0. The Kier molecular flexibility index (Phi) is 7.63. The van der Waals surface area contributed by atoms with E-state index < -0.39 is 0 Å². The molecule has 0 radical (unpaired) electrons. The van der Waals surface area contributed by atoms with Gasteiger partial charge < -0.3 is 18.9 Å². The van der Waals surface area contributed by atoms with Crippen LogP contribution in [0.25, 0.3) is 55.0 Å². The van der Waals surface area contributed by atoms with Crippen molar-refractivity contribution < 1.29 is 0 Å². The van der Waals surface area contributed by atoms with Gasteiger partial charge in [-0.25, -0.2) is 0 Å². The molecule has 0 N–H and O–H groups in total. The summed E-state index contributed by atoms with van der Waals surface area (Å²) < 4.78 is 4.89. The van der Waals surface area contributed by atoms with Crippen LogP contribution in [0.4, 0.5) is 34.1 Å². The van der Waals surface area contributed by atoms with Crippen LogP contribution in [0.15, 0.2) is 206 Å². The van der Waals surface area contributed by atoms with E-state index in [1.165, 1.54) is 88.3 Å². The number of fused-ring (bicyclic) bond motifs is 10. The lowest BCUT2D eigenvalue weighted by Crippen LogP contribution is -2.61. The number of nitrogens with zero attached hydrogens (tertiary/aromatic N) is 4. The number of rotatable bonds is 4. The molecular weight excluding hydrogens is 763 g/mol. The van der Waals surface area contributed by atoms with Gasteiger partial charge in [-0.3, -0.25) is 0 Å². The molecule has 11 aromatic rings. The van der Waals surface area contributed by atoms with Gasteiger partial charge in [0.05, 0.1) is 22.1 Å². The highest BCUT2D eigenvalue weighted by atomic mass is 15.2. The molecule has 0 bridgehead atoms. The molecule has 2 aromatic heterocycles. The number of aromatic nitrogens is 2. The van der Waals surface area contributed by atoms with Crippen molar-refractivity contribution in [2.45, 2.75) is 26.2 Å². The van der Waals surface area contributed by atoms with Crippen molar-refractivity contribution >= 4 is 101 Å². The third-order valence-corrected chi connectivity index (χ3v) is 13.6. The number of hydrogen-bond acceptors (Lipinski definition) is 2. The molecule has 0 spiro atoms. The largest absolute Gasteiger partial charge is 0.311 e. The molecule has 4 nitrogen and oxygen atoms in total. The van der Waals surface area contributed by atoms with Gasteiger partial charge in [0.1, 0.15) is 0 Å². The maximum Gasteiger partial charge on any atom is 0.252 e. The van der Waals surface area contributed by atoms with E-state index in [0.717, 1.165) is 22.7 Å². The molecule has 0 saturated heterocycles. The van der Waals surface area contributed by atoms with Gasteiger partial charge >= 0.3 is 0 Å². The Morgan fingerprint density at radius 1 is 0.333 bits per heavy atom. The second kappa shape index (κ2) is 13.4. The Balaban J connectivity index is 1.09.